The van der Waals surface area contributed by atoms with E-state index in [-0.39, 0.29) is 5.91 Å². The number of carbonyl (C=O) groups is 1. The zero-order valence-electron chi connectivity index (χ0n) is 10.3. The summed E-state index contributed by atoms with van der Waals surface area (Å²) in [5, 5.41) is 2.92. The minimum absolute atomic E-state index is 0.102. The van der Waals surface area contributed by atoms with Gasteiger partial charge in [0.2, 0.25) is 5.91 Å². The monoisotopic (exact) mass is 221 g/mol. The highest BCUT2D eigenvalue weighted by atomic mass is 16.1. The molecule has 0 atom stereocenters. The molecule has 0 fully saturated rings. The molecule has 1 amide bonds. The van der Waals surface area contributed by atoms with Crippen molar-refractivity contribution in [3.63, 3.8) is 0 Å². The fraction of sp³-hybridized carbons (Fsp3) is 0.462. The lowest BCUT2D eigenvalue weighted by atomic mass is 10.1. The smallest absolute Gasteiger partial charge is 0.224 e. The van der Waals surface area contributed by atoms with Crippen molar-refractivity contribution in [2.75, 3.05) is 27.2 Å². The Bertz CT molecular complexity index is 330. The van der Waals surface area contributed by atoms with E-state index in [1.54, 1.807) is 0 Å². The average molecular weight is 221 g/mol. The second kappa shape index (κ2) is 6.28. The predicted octanol–water partition coefficient (Wildman–Crippen LogP) is -0.202. The maximum absolute atomic E-state index is 11.6. The molecule has 0 aliphatic rings. The third-order valence-corrected chi connectivity index (χ3v) is 2.43. The molecule has 2 N–H and O–H groups in total. The Hall–Kier alpha value is -1.35. The van der Waals surface area contributed by atoms with Crippen molar-refractivity contribution < 1.29 is 9.69 Å². The van der Waals surface area contributed by atoms with E-state index >= 15 is 0 Å². The number of aryl methyl sites for hydroxylation is 1. The normalized spacial score (nSPS) is 10.5. The molecule has 3 heteroatoms. The molecule has 16 heavy (non-hydrogen) atoms. The first-order valence-corrected chi connectivity index (χ1v) is 5.69. The standard InChI is InChI=1S/C13H20N2O/c1-11-4-6-12(7-5-11)10-13(16)14-8-9-15(2)3/h4-7H,8-10H2,1-3H3,(H,14,16)/p+1. The van der Waals surface area contributed by atoms with Crippen LogP contribution in [0.2, 0.25) is 0 Å². The van der Waals surface area contributed by atoms with Crippen molar-refractivity contribution >= 4 is 5.91 Å². The minimum atomic E-state index is 0.102. The second-order valence-corrected chi connectivity index (χ2v) is 4.47. The van der Waals surface area contributed by atoms with Gasteiger partial charge in [-0.15, -0.1) is 0 Å². The highest BCUT2D eigenvalue weighted by molar-refractivity contribution is 5.78. The molecule has 1 aromatic carbocycles. The molecule has 0 saturated heterocycles. The Labute approximate surface area is 97.5 Å². The minimum Gasteiger partial charge on any atom is -0.350 e. The highest BCUT2D eigenvalue weighted by Crippen LogP contribution is 2.03. The van der Waals surface area contributed by atoms with Crippen LogP contribution in [0.1, 0.15) is 11.1 Å². The Kier molecular flexibility index (Phi) is 4.99. The number of quaternary nitrogens is 1. The summed E-state index contributed by atoms with van der Waals surface area (Å²) in [5.74, 6) is 0.102. The molecule has 1 aromatic rings. The molecular formula is C13H21N2O+. The molecule has 0 aromatic heterocycles. The molecule has 0 aliphatic carbocycles. The van der Waals surface area contributed by atoms with Gasteiger partial charge in [-0.2, -0.15) is 0 Å². The molecule has 0 saturated carbocycles. The zero-order valence-corrected chi connectivity index (χ0v) is 10.3. The van der Waals surface area contributed by atoms with Crippen LogP contribution in [-0.4, -0.2) is 33.1 Å². The molecule has 88 valence electrons. The number of amides is 1. The highest BCUT2D eigenvalue weighted by Gasteiger charge is 2.03. The van der Waals surface area contributed by atoms with Gasteiger partial charge in [0, 0.05) is 0 Å². The topological polar surface area (TPSA) is 33.5 Å². The van der Waals surface area contributed by atoms with Gasteiger partial charge in [0.25, 0.3) is 0 Å². The maximum atomic E-state index is 11.6. The Morgan fingerprint density at radius 3 is 2.44 bits per heavy atom. The summed E-state index contributed by atoms with van der Waals surface area (Å²) < 4.78 is 0. The maximum Gasteiger partial charge on any atom is 0.224 e. The van der Waals surface area contributed by atoms with Crippen LogP contribution >= 0.6 is 0 Å². The first kappa shape index (κ1) is 12.7. The van der Waals surface area contributed by atoms with Crippen LogP contribution in [-0.2, 0) is 11.2 Å². The Morgan fingerprint density at radius 1 is 1.25 bits per heavy atom. The van der Waals surface area contributed by atoms with Gasteiger partial charge in [0.1, 0.15) is 0 Å². The van der Waals surface area contributed by atoms with Gasteiger partial charge in [0.05, 0.1) is 33.6 Å². The van der Waals surface area contributed by atoms with Crippen molar-refractivity contribution in [3.8, 4) is 0 Å². The van der Waals surface area contributed by atoms with Gasteiger partial charge >= 0.3 is 0 Å². The van der Waals surface area contributed by atoms with Gasteiger partial charge in [-0.25, -0.2) is 0 Å². The van der Waals surface area contributed by atoms with E-state index in [0.717, 1.165) is 18.7 Å². The largest absolute Gasteiger partial charge is 0.350 e. The quantitative estimate of drug-likeness (QED) is 0.709. The van der Waals surface area contributed by atoms with E-state index in [9.17, 15) is 4.79 Å². The Balaban J connectivity index is 2.31. The number of benzene rings is 1. The van der Waals surface area contributed by atoms with Crippen LogP contribution in [0.4, 0.5) is 0 Å². The average Bonchev–Trinajstić information content (AvgIpc) is 2.21. The number of rotatable bonds is 5. The summed E-state index contributed by atoms with van der Waals surface area (Å²) in [5.41, 5.74) is 2.29. The molecule has 1 rings (SSSR count). The number of nitrogens with one attached hydrogen (secondary N) is 2. The summed E-state index contributed by atoms with van der Waals surface area (Å²) in [6.07, 6.45) is 0.475. The fourth-order valence-electron chi connectivity index (χ4n) is 1.41. The van der Waals surface area contributed by atoms with Crippen LogP contribution in [0, 0.1) is 6.92 Å². The first-order chi connectivity index (χ1) is 7.58. The lowest BCUT2D eigenvalue weighted by Gasteiger charge is -2.08. The van der Waals surface area contributed by atoms with Gasteiger partial charge < -0.3 is 10.2 Å². The molecule has 0 heterocycles. The molecule has 0 spiro atoms. The molecule has 0 radical (unpaired) electrons. The number of hydrogen-bond donors (Lipinski definition) is 2. The fourth-order valence-corrected chi connectivity index (χ4v) is 1.41. The molecule has 0 bridgehead atoms. The summed E-state index contributed by atoms with van der Waals surface area (Å²) >= 11 is 0. The van der Waals surface area contributed by atoms with Crippen molar-refractivity contribution in [1.29, 1.82) is 0 Å². The van der Waals surface area contributed by atoms with Gasteiger partial charge in [-0.05, 0) is 12.5 Å². The number of likely N-dealkylation sites (N-methyl/N-ethyl adjacent to an activating group) is 1. The van der Waals surface area contributed by atoms with E-state index < -0.39 is 0 Å². The van der Waals surface area contributed by atoms with Crippen molar-refractivity contribution in [2.24, 2.45) is 0 Å². The molecule has 0 aliphatic heterocycles. The van der Waals surface area contributed by atoms with Crippen LogP contribution < -0.4 is 10.2 Å². The zero-order chi connectivity index (χ0) is 12.0. The second-order valence-electron chi connectivity index (χ2n) is 4.47. The first-order valence-electron chi connectivity index (χ1n) is 5.69. The van der Waals surface area contributed by atoms with Crippen LogP contribution in [0.25, 0.3) is 0 Å². The third-order valence-electron chi connectivity index (χ3n) is 2.43. The van der Waals surface area contributed by atoms with E-state index in [0.29, 0.717) is 6.42 Å². The number of hydrogen-bond acceptors (Lipinski definition) is 1. The molecule has 0 unspecified atom stereocenters. The van der Waals surface area contributed by atoms with Crippen molar-refractivity contribution in [2.45, 2.75) is 13.3 Å². The molecular weight excluding hydrogens is 200 g/mol. The summed E-state index contributed by atoms with van der Waals surface area (Å²) in [6, 6.07) is 8.08. The summed E-state index contributed by atoms with van der Waals surface area (Å²) in [4.78, 5) is 12.9. The lowest BCUT2D eigenvalue weighted by molar-refractivity contribution is -0.856. The van der Waals surface area contributed by atoms with E-state index in [4.69, 9.17) is 0 Å². The van der Waals surface area contributed by atoms with Crippen molar-refractivity contribution in [1.82, 2.24) is 5.32 Å². The summed E-state index contributed by atoms with van der Waals surface area (Å²) in [6.45, 7) is 3.75. The predicted molar refractivity (Wildman–Crippen MR) is 65.6 cm³/mol. The lowest BCUT2D eigenvalue weighted by Crippen LogP contribution is -3.06. The van der Waals surface area contributed by atoms with Crippen LogP contribution in [0.3, 0.4) is 0 Å². The Morgan fingerprint density at radius 2 is 1.88 bits per heavy atom. The van der Waals surface area contributed by atoms with E-state index in [2.05, 4.69) is 19.4 Å². The van der Waals surface area contributed by atoms with E-state index in [1.165, 1.54) is 10.5 Å². The third kappa shape index (κ3) is 4.94. The van der Waals surface area contributed by atoms with Crippen molar-refractivity contribution in [3.05, 3.63) is 35.4 Å². The van der Waals surface area contributed by atoms with Crippen LogP contribution in [0.15, 0.2) is 24.3 Å². The van der Waals surface area contributed by atoms with Gasteiger partial charge in [-0.3, -0.25) is 4.79 Å². The van der Waals surface area contributed by atoms with Crippen LogP contribution in [0.5, 0.6) is 0 Å². The van der Waals surface area contributed by atoms with Gasteiger partial charge in [-0.1, -0.05) is 29.8 Å². The van der Waals surface area contributed by atoms with E-state index in [1.807, 2.05) is 31.2 Å². The summed E-state index contributed by atoms with van der Waals surface area (Å²) in [7, 11) is 4.15. The number of carbonyl (C=O) groups excluding carboxylic acids is 1. The molecule has 3 nitrogen and oxygen atoms in total. The SMILES string of the molecule is Cc1ccc(CC(=O)NCC[NH+](C)C)cc1. The van der Waals surface area contributed by atoms with Gasteiger partial charge in [0.15, 0.2) is 0 Å².